The Bertz CT molecular complexity index is 2780. The van der Waals surface area contributed by atoms with Crippen molar-refractivity contribution in [1.82, 2.24) is 0 Å². The van der Waals surface area contributed by atoms with Crippen LogP contribution in [-0.4, -0.2) is 0 Å². The molecule has 0 saturated carbocycles. The number of rotatable bonds is 3. The van der Waals surface area contributed by atoms with E-state index in [1.807, 2.05) is 36.4 Å². The highest BCUT2D eigenvalue weighted by Gasteiger charge is 2.18. The molecular weight excluding hydrogens is 520 g/mol. The van der Waals surface area contributed by atoms with Crippen LogP contribution in [0.15, 0.2) is 162 Å². The Kier molecular flexibility index (Phi) is 4.11. The van der Waals surface area contributed by atoms with E-state index in [-0.39, 0.29) is 46.6 Å². The van der Waals surface area contributed by atoms with Gasteiger partial charge < -0.3 is 4.42 Å². The number of furan rings is 1. The zero-order valence-corrected chi connectivity index (χ0v) is 23.0. The Morgan fingerprint density at radius 3 is 1.77 bits per heavy atom. The van der Waals surface area contributed by atoms with Crippen LogP contribution in [0.25, 0.3) is 87.6 Å². The fourth-order valence-electron chi connectivity index (χ4n) is 6.59. The van der Waals surface area contributed by atoms with Crippen LogP contribution in [-0.2, 0) is 0 Å². The summed E-state index contributed by atoms with van der Waals surface area (Å²) in [5.74, 6) is 0. The highest BCUT2D eigenvalue weighted by Crippen LogP contribution is 2.45. The monoisotopic (exact) mass is 552 g/mol. The van der Waals surface area contributed by atoms with Gasteiger partial charge in [0.05, 0.1) is 8.22 Å². The highest BCUT2D eigenvalue weighted by molar-refractivity contribution is 6.22. The molecule has 1 aromatic heterocycles. The molecule has 9 rings (SSSR count). The van der Waals surface area contributed by atoms with Crippen molar-refractivity contribution in [1.29, 1.82) is 0 Å². The minimum atomic E-state index is -0.424. The second-order valence-corrected chi connectivity index (χ2v) is 10.8. The molecule has 43 heavy (non-hydrogen) atoms. The first-order valence-electron chi connectivity index (χ1n) is 17.3. The molecule has 1 heteroatoms. The van der Waals surface area contributed by atoms with E-state index in [4.69, 9.17) is 12.6 Å². The number of hydrogen-bond acceptors (Lipinski definition) is 1. The molecule has 0 aliphatic rings. The van der Waals surface area contributed by atoms with E-state index in [9.17, 15) is 0 Å². The largest absolute Gasteiger partial charge is 0.455 e. The fraction of sp³-hybridized carbons (Fsp3) is 0. The summed E-state index contributed by atoms with van der Waals surface area (Å²) in [6.07, 6.45) is 0. The molecule has 0 radical (unpaired) electrons. The standard InChI is InChI=1S/C42H26O/c1-2-13-28(14-3-1)39-33-18-6-8-20-35(33)40(36-21-9-7-19-34(36)39)30-16-10-15-29(26-30)32-22-11-23-37-41-31-17-5-4-12-27(31)24-25-38(41)43-42(32)37/h1-26H/i4D,5D,12D,17D,24D,25D. The van der Waals surface area contributed by atoms with Gasteiger partial charge in [0.15, 0.2) is 0 Å². The smallest absolute Gasteiger partial charge is 0.143 e. The van der Waals surface area contributed by atoms with Crippen molar-refractivity contribution in [2.75, 3.05) is 0 Å². The summed E-state index contributed by atoms with van der Waals surface area (Å²) >= 11 is 0. The third-order valence-electron chi connectivity index (χ3n) is 8.41. The average molecular weight is 553 g/mol. The first-order valence-corrected chi connectivity index (χ1v) is 14.3. The summed E-state index contributed by atoms with van der Waals surface area (Å²) in [6.45, 7) is 0. The summed E-state index contributed by atoms with van der Waals surface area (Å²) in [7, 11) is 0. The molecule has 0 atom stereocenters. The molecular formula is C42H26O. The van der Waals surface area contributed by atoms with Crippen LogP contribution >= 0.6 is 0 Å². The molecule has 0 aliphatic carbocycles. The molecule has 9 aromatic rings. The molecule has 0 aliphatic heterocycles. The Hall–Kier alpha value is -5.66. The van der Waals surface area contributed by atoms with E-state index >= 15 is 0 Å². The molecule has 0 bridgehead atoms. The lowest BCUT2D eigenvalue weighted by Gasteiger charge is -2.18. The van der Waals surface area contributed by atoms with Gasteiger partial charge in [0.1, 0.15) is 11.2 Å². The van der Waals surface area contributed by atoms with Crippen LogP contribution in [0.4, 0.5) is 0 Å². The van der Waals surface area contributed by atoms with Gasteiger partial charge in [0, 0.05) is 16.3 Å². The van der Waals surface area contributed by atoms with Crippen molar-refractivity contribution in [2.45, 2.75) is 0 Å². The van der Waals surface area contributed by atoms with Crippen molar-refractivity contribution in [2.24, 2.45) is 0 Å². The first-order chi connectivity index (χ1) is 23.8. The lowest BCUT2D eigenvalue weighted by molar-refractivity contribution is 0.670. The van der Waals surface area contributed by atoms with Crippen molar-refractivity contribution in [3.05, 3.63) is 158 Å². The number of para-hydroxylation sites is 1. The van der Waals surface area contributed by atoms with E-state index in [1.54, 1.807) is 0 Å². The van der Waals surface area contributed by atoms with Gasteiger partial charge in [-0.25, -0.2) is 0 Å². The predicted octanol–water partition coefficient (Wildman–Crippen LogP) is 12.0. The van der Waals surface area contributed by atoms with E-state index in [0.29, 0.717) is 16.4 Å². The van der Waals surface area contributed by atoms with Crippen molar-refractivity contribution in [3.8, 4) is 33.4 Å². The van der Waals surface area contributed by atoms with Crippen molar-refractivity contribution >= 4 is 54.3 Å². The summed E-state index contributed by atoms with van der Waals surface area (Å²) in [6, 6.07) is 39.7. The normalized spacial score (nSPS) is 13.7. The molecule has 200 valence electrons. The molecule has 0 unspecified atom stereocenters. The quantitative estimate of drug-likeness (QED) is 0.199. The Morgan fingerprint density at radius 1 is 0.442 bits per heavy atom. The molecule has 1 heterocycles. The van der Waals surface area contributed by atoms with Gasteiger partial charge in [-0.15, -0.1) is 0 Å². The summed E-state index contributed by atoms with van der Waals surface area (Å²) in [5.41, 5.74) is 6.82. The maximum atomic E-state index is 8.81. The molecule has 0 amide bonds. The van der Waals surface area contributed by atoms with Crippen molar-refractivity contribution in [3.63, 3.8) is 0 Å². The van der Waals surface area contributed by atoms with Gasteiger partial charge in [-0.2, -0.15) is 0 Å². The fourth-order valence-corrected chi connectivity index (χ4v) is 6.59. The van der Waals surface area contributed by atoms with Gasteiger partial charge in [-0.1, -0.05) is 145 Å². The highest BCUT2D eigenvalue weighted by atomic mass is 16.3. The maximum Gasteiger partial charge on any atom is 0.143 e. The number of hydrogen-bond donors (Lipinski definition) is 0. The Morgan fingerprint density at radius 2 is 1.02 bits per heavy atom. The molecule has 0 fully saturated rings. The van der Waals surface area contributed by atoms with Crippen LogP contribution in [0, 0.1) is 0 Å². The Balaban J connectivity index is 1.33. The van der Waals surface area contributed by atoms with Gasteiger partial charge in [0.25, 0.3) is 0 Å². The SMILES string of the molecule is [2H]c1c([2H])c([2H])c2c(c1[2H])c([2H])c([2H])c1oc3c(-c4cccc(-c5c6ccccc6c(-c6ccccc6)c6ccccc56)c4)cccc3c12. The summed E-state index contributed by atoms with van der Waals surface area (Å²) < 4.78 is 57.8. The number of fused-ring (bicyclic) bond motifs is 7. The van der Waals surface area contributed by atoms with Crippen LogP contribution in [0.5, 0.6) is 0 Å². The Labute approximate surface area is 257 Å². The van der Waals surface area contributed by atoms with E-state index < -0.39 is 6.04 Å². The molecule has 0 N–H and O–H groups in total. The topological polar surface area (TPSA) is 13.1 Å². The summed E-state index contributed by atoms with van der Waals surface area (Å²) in [5, 5.41) is 5.88. The van der Waals surface area contributed by atoms with Crippen LogP contribution in [0.1, 0.15) is 8.22 Å². The van der Waals surface area contributed by atoms with E-state index in [2.05, 4.69) is 84.9 Å². The van der Waals surface area contributed by atoms with Crippen LogP contribution in [0.2, 0.25) is 0 Å². The van der Waals surface area contributed by atoms with Gasteiger partial charge in [0.2, 0.25) is 0 Å². The molecule has 1 nitrogen and oxygen atoms in total. The van der Waals surface area contributed by atoms with Gasteiger partial charge >= 0.3 is 0 Å². The minimum Gasteiger partial charge on any atom is -0.455 e. The van der Waals surface area contributed by atoms with Crippen molar-refractivity contribution < 1.29 is 12.6 Å². The first kappa shape index (κ1) is 18.7. The molecule has 0 spiro atoms. The molecule has 8 aromatic carbocycles. The number of benzene rings is 8. The van der Waals surface area contributed by atoms with Crippen LogP contribution in [0.3, 0.4) is 0 Å². The van der Waals surface area contributed by atoms with Crippen LogP contribution < -0.4 is 0 Å². The zero-order chi connectivity index (χ0) is 33.6. The van der Waals surface area contributed by atoms with Gasteiger partial charge in [-0.3, -0.25) is 0 Å². The predicted molar refractivity (Wildman–Crippen MR) is 183 cm³/mol. The summed E-state index contributed by atoms with van der Waals surface area (Å²) in [4.78, 5) is 0. The second kappa shape index (κ2) is 9.44. The second-order valence-electron chi connectivity index (χ2n) is 10.8. The minimum absolute atomic E-state index is 0.0244. The maximum absolute atomic E-state index is 8.81. The third kappa shape index (κ3) is 3.65. The zero-order valence-electron chi connectivity index (χ0n) is 29.0. The third-order valence-corrected chi connectivity index (χ3v) is 8.41. The van der Waals surface area contributed by atoms with E-state index in [1.165, 1.54) is 5.56 Å². The lowest BCUT2D eigenvalue weighted by atomic mass is 9.85. The van der Waals surface area contributed by atoms with Gasteiger partial charge in [-0.05, 0) is 72.2 Å². The average Bonchev–Trinajstić information content (AvgIpc) is 3.54. The lowest BCUT2D eigenvalue weighted by Crippen LogP contribution is -1.91. The van der Waals surface area contributed by atoms with E-state index in [0.717, 1.165) is 49.4 Å². The molecule has 0 saturated heterocycles.